The molecule has 0 aliphatic heterocycles. The van der Waals surface area contributed by atoms with Crippen LogP contribution in [-0.2, 0) is 11.2 Å². The van der Waals surface area contributed by atoms with E-state index in [1.807, 2.05) is 13.8 Å². The number of fused-ring (bicyclic) bond motifs is 1. The third-order valence-electron chi connectivity index (χ3n) is 5.70. The molecule has 0 atom stereocenters. The fourth-order valence-electron chi connectivity index (χ4n) is 3.89. The number of hydrogen-bond acceptors (Lipinski definition) is 6. The number of aryl methyl sites for hydroxylation is 2. The first-order chi connectivity index (χ1) is 16.9. The topological polar surface area (TPSA) is 121 Å². The highest BCUT2D eigenvalue weighted by molar-refractivity contribution is 6.10. The number of nitriles is 1. The van der Waals surface area contributed by atoms with Crippen molar-refractivity contribution in [3.8, 4) is 11.8 Å². The molecule has 0 bridgehead atoms. The number of nitrogens with one attached hydrogen (secondary N) is 2. The maximum absolute atomic E-state index is 12.9. The minimum absolute atomic E-state index is 0.188. The van der Waals surface area contributed by atoms with Gasteiger partial charge in [-0.05, 0) is 50.1 Å². The van der Waals surface area contributed by atoms with E-state index in [9.17, 15) is 14.9 Å². The fourth-order valence-corrected chi connectivity index (χ4v) is 3.89. The predicted octanol–water partition coefficient (Wildman–Crippen LogP) is 4.05. The SMILES string of the molecule is COc1cccc(NC(=O)c2ccccc2NC(=O)CCc2c(C)nc3c(C#N)cnn3c2C)c1. The van der Waals surface area contributed by atoms with Crippen LogP contribution in [0.2, 0.25) is 0 Å². The van der Waals surface area contributed by atoms with Gasteiger partial charge in [0.15, 0.2) is 5.65 Å². The Morgan fingerprint density at radius 1 is 1.11 bits per heavy atom. The van der Waals surface area contributed by atoms with Crippen LogP contribution in [0.5, 0.6) is 5.75 Å². The Morgan fingerprint density at radius 2 is 1.91 bits per heavy atom. The number of carbonyl (C=O) groups excluding carboxylic acids is 2. The summed E-state index contributed by atoms with van der Waals surface area (Å²) in [6.45, 7) is 3.74. The second kappa shape index (κ2) is 10.1. The Labute approximate surface area is 202 Å². The summed E-state index contributed by atoms with van der Waals surface area (Å²) in [6.07, 6.45) is 2.11. The van der Waals surface area contributed by atoms with E-state index >= 15 is 0 Å². The van der Waals surface area contributed by atoms with Gasteiger partial charge in [0.25, 0.3) is 5.91 Å². The van der Waals surface area contributed by atoms with Crippen molar-refractivity contribution in [2.45, 2.75) is 26.7 Å². The molecule has 0 unspecified atom stereocenters. The summed E-state index contributed by atoms with van der Waals surface area (Å²) >= 11 is 0. The maximum atomic E-state index is 12.9. The molecule has 4 aromatic rings. The van der Waals surface area contributed by atoms with Crippen molar-refractivity contribution >= 4 is 28.8 Å². The van der Waals surface area contributed by atoms with Gasteiger partial charge in [-0.3, -0.25) is 9.59 Å². The first-order valence-corrected chi connectivity index (χ1v) is 11.0. The number of methoxy groups -OCH3 is 1. The largest absolute Gasteiger partial charge is 0.497 e. The minimum atomic E-state index is -0.345. The molecule has 0 spiro atoms. The number of aromatic nitrogens is 3. The van der Waals surface area contributed by atoms with Crippen LogP contribution >= 0.6 is 0 Å². The van der Waals surface area contributed by atoms with Crippen molar-refractivity contribution in [1.82, 2.24) is 14.6 Å². The van der Waals surface area contributed by atoms with Crippen molar-refractivity contribution in [2.75, 3.05) is 17.7 Å². The maximum Gasteiger partial charge on any atom is 0.257 e. The normalized spacial score (nSPS) is 10.6. The van der Waals surface area contributed by atoms with Crippen LogP contribution in [0, 0.1) is 25.2 Å². The van der Waals surface area contributed by atoms with Crippen molar-refractivity contribution in [3.63, 3.8) is 0 Å². The lowest BCUT2D eigenvalue weighted by Crippen LogP contribution is -2.19. The molecule has 9 nitrogen and oxygen atoms in total. The summed E-state index contributed by atoms with van der Waals surface area (Å²) in [5.41, 5.74) is 4.74. The molecule has 9 heteroatoms. The molecule has 2 amide bonds. The highest BCUT2D eigenvalue weighted by Gasteiger charge is 2.17. The molecule has 2 heterocycles. The van der Waals surface area contributed by atoms with Gasteiger partial charge >= 0.3 is 0 Å². The molecule has 4 rings (SSSR count). The molecule has 0 saturated carbocycles. The summed E-state index contributed by atoms with van der Waals surface area (Å²) in [7, 11) is 1.56. The molecule has 2 aromatic carbocycles. The molecular weight excluding hydrogens is 444 g/mol. The summed E-state index contributed by atoms with van der Waals surface area (Å²) < 4.78 is 6.82. The van der Waals surface area contributed by atoms with Crippen LogP contribution in [0.25, 0.3) is 5.65 Å². The number of carbonyl (C=O) groups is 2. The Balaban J connectivity index is 1.47. The van der Waals surface area contributed by atoms with Gasteiger partial charge in [0.2, 0.25) is 5.91 Å². The van der Waals surface area contributed by atoms with Crippen molar-refractivity contribution in [3.05, 3.63) is 82.8 Å². The summed E-state index contributed by atoms with van der Waals surface area (Å²) in [5.74, 6) is 0.0489. The Hall–Kier alpha value is -4.71. The number of nitrogens with zero attached hydrogens (tertiary/aromatic N) is 4. The van der Waals surface area contributed by atoms with Crippen LogP contribution in [0.1, 0.15) is 39.3 Å². The standard InChI is InChI=1S/C26H24N6O3/c1-16-21(17(2)32-25(29-16)18(14-27)15-28-32)11-12-24(33)31-23-10-5-4-9-22(23)26(34)30-19-7-6-8-20(13-19)35-3/h4-10,13,15H,11-12H2,1-3H3,(H,30,34)(H,31,33). The fraction of sp³-hybridized carbons (Fsp3) is 0.192. The molecule has 2 aromatic heterocycles. The summed E-state index contributed by atoms with van der Waals surface area (Å²) in [6, 6.07) is 16.0. The third kappa shape index (κ3) is 4.96. The number of benzene rings is 2. The quantitative estimate of drug-likeness (QED) is 0.422. The molecule has 176 valence electrons. The van der Waals surface area contributed by atoms with E-state index in [1.54, 1.807) is 60.2 Å². The van der Waals surface area contributed by atoms with Crippen LogP contribution in [0.4, 0.5) is 11.4 Å². The molecule has 0 radical (unpaired) electrons. The number of para-hydroxylation sites is 1. The van der Waals surface area contributed by atoms with E-state index in [2.05, 4.69) is 26.8 Å². The number of ether oxygens (including phenoxy) is 1. The lowest BCUT2D eigenvalue weighted by atomic mass is 10.1. The molecule has 2 N–H and O–H groups in total. The van der Waals surface area contributed by atoms with Gasteiger partial charge in [-0.2, -0.15) is 10.4 Å². The van der Waals surface area contributed by atoms with Gasteiger partial charge in [0.05, 0.1) is 24.6 Å². The van der Waals surface area contributed by atoms with Crippen molar-refractivity contribution in [1.29, 1.82) is 5.26 Å². The van der Waals surface area contributed by atoms with E-state index < -0.39 is 0 Å². The Kier molecular flexibility index (Phi) is 6.73. The average Bonchev–Trinajstić information content (AvgIpc) is 3.27. The molecule has 0 aliphatic rings. The van der Waals surface area contributed by atoms with E-state index in [1.165, 1.54) is 6.20 Å². The molecule has 0 fully saturated rings. The van der Waals surface area contributed by atoms with Crippen LogP contribution < -0.4 is 15.4 Å². The zero-order chi connectivity index (χ0) is 24.9. The number of anilines is 2. The number of rotatable bonds is 7. The Bertz CT molecular complexity index is 1470. The van der Waals surface area contributed by atoms with Gasteiger partial charge < -0.3 is 15.4 Å². The third-order valence-corrected chi connectivity index (χ3v) is 5.70. The highest BCUT2D eigenvalue weighted by Crippen LogP contribution is 2.22. The van der Waals surface area contributed by atoms with Gasteiger partial charge in [0, 0.05) is 29.6 Å². The zero-order valence-corrected chi connectivity index (χ0v) is 19.6. The van der Waals surface area contributed by atoms with E-state index in [0.717, 1.165) is 17.0 Å². The monoisotopic (exact) mass is 468 g/mol. The minimum Gasteiger partial charge on any atom is -0.497 e. The summed E-state index contributed by atoms with van der Waals surface area (Å²) in [5, 5.41) is 19.2. The van der Waals surface area contributed by atoms with Gasteiger partial charge in [-0.15, -0.1) is 0 Å². The second-order valence-corrected chi connectivity index (χ2v) is 7.95. The first-order valence-electron chi connectivity index (χ1n) is 11.0. The smallest absolute Gasteiger partial charge is 0.257 e. The number of amides is 2. The number of hydrogen-bond donors (Lipinski definition) is 2. The van der Waals surface area contributed by atoms with Crippen LogP contribution in [0.3, 0.4) is 0 Å². The van der Waals surface area contributed by atoms with Crippen LogP contribution in [-0.4, -0.2) is 33.5 Å². The van der Waals surface area contributed by atoms with E-state index in [-0.39, 0.29) is 18.2 Å². The lowest BCUT2D eigenvalue weighted by molar-refractivity contribution is -0.116. The Morgan fingerprint density at radius 3 is 2.69 bits per heavy atom. The van der Waals surface area contributed by atoms with Gasteiger partial charge in [0.1, 0.15) is 17.4 Å². The molecular formula is C26H24N6O3. The van der Waals surface area contributed by atoms with Crippen LogP contribution in [0.15, 0.2) is 54.7 Å². The lowest BCUT2D eigenvalue weighted by Gasteiger charge is -2.13. The molecule has 0 saturated heterocycles. The molecule has 0 aliphatic carbocycles. The summed E-state index contributed by atoms with van der Waals surface area (Å²) in [4.78, 5) is 30.2. The van der Waals surface area contributed by atoms with Gasteiger partial charge in [-0.25, -0.2) is 9.50 Å². The van der Waals surface area contributed by atoms with Gasteiger partial charge in [-0.1, -0.05) is 18.2 Å². The molecule has 35 heavy (non-hydrogen) atoms. The van der Waals surface area contributed by atoms with E-state index in [0.29, 0.717) is 40.3 Å². The average molecular weight is 469 g/mol. The second-order valence-electron chi connectivity index (χ2n) is 7.95. The van der Waals surface area contributed by atoms with Crippen molar-refractivity contribution in [2.24, 2.45) is 0 Å². The zero-order valence-electron chi connectivity index (χ0n) is 19.6. The first kappa shape index (κ1) is 23.4. The van der Waals surface area contributed by atoms with E-state index in [4.69, 9.17) is 4.74 Å². The highest BCUT2D eigenvalue weighted by atomic mass is 16.5. The predicted molar refractivity (Wildman–Crippen MR) is 132 cm³/mol. The van der Waals surface area contributed by atoms with Crippen molar-refractivity contribution < 1.29 is 14.3 Å².